The summed E-state index contributed by atoms with van der Waals surface area (Å²) < 4.78 is 81.9. The monoisotopic (exact) mass is 447 g/mol. The van der Waals surface area contributed by atoms with E-state index in [1.165, 1.54) is 20.8 Å². The van der Waals surface area contributed by atoms with E-state index in [1.807, 2.05) is 0 Å². The van der Waals surface area contributed by atoms with Gasteiger partial charge < -0.3 is 20.3 Å². The quantitative estimate of drug-likeness (QED) is 0.590. The summed E-state index contributed by atoms with van der Waals surface area (Å²) in [4.78, 5) is 32.0. The highest BCUT2D eigenvalue weighted by Crippen LogP contribution is 2.37. The smallest absolute Gasteiger partial charge is 0.416 e. The van der Waals surface area contributed by atoms with Gasteiger partial charge in [0.15, 0.2) is 6.04 Å². The van der Waals surface area contributed by atoms with Crippen LogP contribution in [0.5, 0.6) is 0 Å². The number of carboxylic acids is 2. The lowest BCUT2D eigenvalue weighted by atomic mass is 9.99. The fraction of sp³-hybridized carbons (Fsp3) is 0.471. The molecule has 1 unspecified atom stereocenters. The van der Waals surface area contributed by atoms with Crippen LogP contribution in [0.2, 0.25) is 0 Å². The number of carbonyl (C=O) groups is 3. The van der Waals surface area contributed by atoms with E-state index in [-0.39, 0.29) is 18.2 Å². The van der Waals surface area contributed by atoms with Crippen LogP contribution in [0, 0.1) is 0 Å². The summed E-state index contributed by atoms with van der Waals surface area (Å²) in [6, 6.07) is -1.86. The Morgan fingerprint density at radius 2 is 1.27 bits per heavy atom. The van der Waals surface area contributed by atoms with Gasteiger partial charge in [0.1, 0.15) is 5.60 Å². The Labute approximate surface area is 166 Å². The standard InChI is InChI=1S/C15H15F6NO4.C2H4O2/c1-13(2,3)26-12(25)22-10(11(23)24)7-4-8(14(16,17)18)6-9(5-7)15(19,20)21;1-2(3)4/h4-6,10H,1-3H3,(H,22,25)(H,23,24);1H3,(H,3,4). The molecule has 0 aromatic heterocycles. The Morgan fingerprint density at radius 1 is 0.900 bits per heavy atom. The lowest BCUT2D eigenvalue weighted by Gasteiger charge is -2.23. The average molecular weight is 447 g/mol. The van der Waals surface area contributed by atoms with Gasteiger partial charge in [0, 0.05) is 6.92 Å². The molecule has 0 saturated carbocycles. The van der Waals surface area contributed by atoms with Gasteiger partial charge in [-0.25, -0.2) is 9.59 Å². The van der Waals surface area contributed by atoms with Gasteiger partial charge in [-0.3, -0.25) is 4.79 Å². The molecular weight excluding hydrogens is 428 g/mol. The molecule has 0 aliphatic carbocycles. The maximum absolute atomic E-state index is 12.9. The number of halogens is 6. The zero-order valence-corrected chi connectivity index (χ0v) is 16.1. The summed E-state index contributed by atoms with van der Waals surface area (Å²) in [5, 5.41) is 18.3. The molecule has 1 aromatic carbocycles. The van der Waals surface area contributed by atoms with Gasteiger partial charge >= 0.3 is 24.4 Å². The highest BCUT2D eigenvalue weighted by Gasteiger charge is 2.38. The Morgan fingerprint density at radius 3 is 1.53 bits per heavy atom. The molecule has 0 bridgehead atoms. The molecule has 0 saturated heterocycles. The summed E-state index contributed by atoms with van der Waals surface area (Å²) in [5.74, 6) is -2.69. The second-order valence-electron chi connectivity index (χ2n) is 6.78. The largest absolute Gasteiger partial charge is 0.481 e. The van der Waals surface area contributed by atoms with E-state index in [2.05, 4.69) is 0 Å². The average Bonchev–Trinajstić information content (AvgIpc) is 2.48. The minimum atomic E-state index is -5.15. The SMILES string of the molecule is CC(=O)O.CC(C)(C)OC(=O)NC(C(=O)O)c1cc(C(F)(F)F)cc(C(F)(F)F)c1. The van der Waals surface area contributed by atoms with Crippen molar-refractivity contribution in [1.29, 1.82) is 0 Å². The highest BCUT2D eigenvalue weighted by atomic mass is 19.4. The molecule has 170 valence electrons. The van der Waals surface area contributed by atoms with Gasteiger partial charge in [-0.15, -0.1) is 0 Å². The number of aliphatic carboxylic acids is 2. The molecule has 13 heteroatoms. The Balaban J connectivity index is 0.00000192. The molecule has 30 heavy (non-hydrogen) atoms. The van der Waals surface area contributed by atoms with Gasteiger partial charge in [0.05, 0.1) is 11.1 Å². The number of amides is 1. The minimum absolute atomic E-state index is 0.143. The number of rotatable bonds is 3. The molecule has 3 N–H and O–H groups in total. The van der Waals surface area contributed by atoms with E-state index in [1.54, 1.807) is 5.32 Å². The number of ether oxygens (including phenoxy) is 1. The van der Waals surface area contributed by atoms with E-state index in [4.69, 9.17) is 19.7 Å². The first kappa shape index (κ1) is 27.0. The van der Waals surface area contributed by atoms with Crippen LogP contribution in [-0.2, 0) is 26.7 Å². The van der Waals surface area contributed by atoms with E-state index >= 15 is 0 Å². The maximum Gasteiger partial charge on any atom is 0.416 e. The van der Waals surface area contributed by atoms with E-state index in [0.29, 0.717) is 0 Å². The molecule has 0 fully saturated rings. The van der Waals surface area contributed by atoms with Crippen molar-refractivity contribution in [3.63, 3.8) is 0 Å². The molecule has 0 heterocycles. The number of nitrogens with one attached hydrogen (secondary N) is 1. The van der Waals surface area contributed by atoms with Crippen molar-refractivity contribution in [2.75, 3.05) is 0 Å². The zero-order valence-electron chi connectivity index (χ0n) is 16.1. The summed E-state index contributed by atoms with van der Waals surface area (Å²) in [5.41, 5.74) is -5.34. The number of alkyl carbamates (subject to hydrolysis) is 1. The van der Waals surface area contributed by atoms with Gasteiger partial charge in [-0.2, -0.15) is 26.3 Å². The maximum atomic E-state index is 12.9. The first-order valence-electron chi connectivity index (χ1n) is 7.95. The summed E-state index contributed by atoms with van der Waals surface area (Å²) in [6.07, 6.45) is -11.6. The first-order chi connectivity index (χ1) is 13.2. The molecule has 1 atom stereocenters. The van der Waals surface area contributed by atoms with Gasteiger partial charge in [0.25, 0.3) is 5.97 Å². The lowest BCUT2D eigenvalue weighted by Crippen LogP contribution is -2.38. The number of benzene rings is 1. The Hall–Kier alpha value is -2.99. The van der Waals surface area contributed by atoms with Gasteiger partial charge in [-0.1, -0.05) is 0 Å². The second-order valence-corrected chi connectivity index (χ2v) is 6.78. The van der Waals surface area contributed by atoms with Crippen LogP contribution in [0.15, 0.2) is 18.2 Å². The second kappa shape index (κ2) is 9.67. The zero-order chi connectivity index (χ0) is 24.1. The predicted molar refractivity (Wildman–Crippen MR) is 89.5 cm³/mol. The molecule has 0 radical (unpaired) electrons. The van der Waals surface area contributed by atoms with Gasteiger partial charge in [0.2, 0.25) is 0 Å². The molecule has 1 rings (SSSR count). The van der Waals surface area contributed by atoms with Crippen LogP contribution in [-0.4, -0.2) is 33.8 Å². The fourth-order valence-electron chi connectivity index (χ4n) is 1.86. The van der Waals surface area contributed by atoms with Crippen LogP contribution in [0.1, 0.15) is 50.4 Å². The Bertz CT molecular complexity index is 746. The third-order valence-corrected chi connectivity index (χ3v) is 2.85. The van der Waals surface area contributed by atoms with E-state index < -0.39 is 58.7 Å². The van der Waals surface area contributed by atoms with Crippen LogP contribution in [0.4, 0.5) is 31.1 Å². The molecule has 0 spiro atoms. The van der Waals surface area contributed by atoms with Crippen LogP contribution < -0.4 is 5.32 Å². The molecule has 7 nitrogen and oxygen atoms in total. The van der Waals surface area contributed by atoms with Crippen molar-refractivity contribution in [2.24, 2.45) is 0 Å². The van der Waals surface area contributed by atoms with Crippen molar-refractivity contribution >= 4 is 18.0 Å². The fourth-order valence-corrected chi connectivity index (χ4v) is 1.86. The molecular formula is C17H19F6NO6. The normalized spacial score (nSPS) is 12.9. The Kier molecular flexibility index (Phi) is 8.71. The summed E-state index contributed by atoms with van der Waals surface area (Å²) in [7, 11) is 0. The minimum Gasteiger partial charge on any atom is -0.481 e. The molecule has 0 aliphatic rings. The third-order valence-electron chi connectivity index (χ3n) is 2.85. The molecule has 0 aliphatic heterocycles. The first-order valence-corrected chi connectivity index (χ1v) is 7.95. The molecule has 1 amide bonds. The highest BCUT2D eigenvalue weighted by molar-refractivity contribution is 5.81. The predicted octanol–water partition coefficient (Wildman–Crippen LogP) is 4.47. The van der Waals surface area contributed by atoms with Crippen LogP contribution >= 0.6 is 0 Å². The number of carbonyl (C=O) groups excluding carboxylic acids is 1. The summed E-state index contributed by atoms with van der Waals surface area (Å²) >= 11 is 0. The number of hydrogen-bond acceptors (Lipinski definition) is 4. The van der Waals surface area contributed by atoms with Crippen molar-refractivity contribution in [2.45, 2.75) is 51.7 Å². The van der Waals surface area contributed by atoms with E-state index in [0.717, 1.165) is 6.92 Å². The van der Waals surface area contributed by atoms with Crippen LogP contribution in [0.25, 0.3) is 0 Å². The van der Waals surface area contributed by atoms with Crippen LogP contribution in [0.3, 0.4) is 0 Å². The summed E-state index contributed by atoms with van der Waals surface area (Å²) in [6.45, 7) is 5.40. The van der Waals surface area contributed by atoms with Gasteiger partial charge in [-0.05, 0) is 44.5 Å². The van der Waals surface area contributed by atoms with E-state index in [9.17, 15) is 35.9 Å². The number of carboxylic acid groups (broad SMARTS) is 2. The van der Waals surface area contributed by atoms with Crippen molar-refractivity contribution < 1.29 is 55.7 Å². The third kappa shape index (κ3) is 9.98. The molecule has 1 aromatic rings. The number of alkyl halides is 6. The lowest BCUT2D eigenvalue weighted by molar-refractivity contribution is -0.144. The van der Waals surface area contributed by atoms with Crippen molar-refractivity contribution in [1.82, 2.24) is 5.32 Å². The topological polar surface area (TPSA) is 113 Å². The van der Waals surface area contributed by atoms with Crippen molar-refractivity contribution in [3.05, 3.63) is 34.9 Å². The number of hydrogen-bond donors (Lipinski definition) is 3. The van der Waals surface area contributed by atoms with Crippen molar-refractivity contribution in [3.8, 4) is 0 Å².